The molecule has 1 aromatic carbocycles. The summed E-state index contributed by atoms with van der Waals surface area (Å²) < 4.78 is 14.5. The topological polar surface area (TPSA) is 92.7 Å². The Labute approximate surface area is 219 Å². The van der Waals surface area contributed by atoms with Crippen LogP contribution in [0.15, 0.2) is 55.1 Å². The molecule has 2 atom stereocenters. The molecule has 0 radical (unpaired) electrons. The minimum Gasteiger partial charge on any atom is -0.369 e. The lowest BCUT2D eigenvalue weighted by atomic mass is 9.93. The molecule has 5 rings (SSSR count). The Morgan fingerprint density at radius 1 is 1.16 bits per heavy atom. The van der Waals surface area contributed by atoms with Gasteiger partial charge >= 0.3 is 0 Å². The number of rotatable bonds is 9. The second-order valence-corrected chi connectivity index (χ2v) is 10.4. The number of fused-ring (bicyclic) bond motifs is 1. The van der Waals surface area contributed by atoms with E-state index in [2.05, 4.69) is 49.8 Å². The summed E-state index contributed by atoms with van der Waals surface area (Å²) in [7, 11) is 1.50. The second kappa shape index (κ2) is 10.8. The summed E-state index contributed by atoms with van der Waals surface area (Å²) >= 11 is 1.74. The number of carbonyl (C=O) groups is 1. The third kappa shape index (κ3) is 5.27. The number of anilines is 1. The third-order valence-corrected chi connectivity index (χ3v) is 8.09. The Morgan fingerprint density at radius 3 is 2.76 bits per heavy atom. The number of nitrogens with zero attached hydrogens (tertiary/aromatic N) is 4. The quantitative estimate of drug-likeness (QED) is 0.307. The average Bonchev–Trinajstić information content (AvgIpc) is 3.78. The van der Waals surface area contributed by atoms with Crippen molar-refractivity contribution < 1.29 is 9.18 Å². The summed E-state index contributed by atoms with van der Waals surface area (Å²) in [6.07, 6.45) is 9.04. The lowest BCUT2D eigenvalue weighted by Gasteiger charge is -2.24. The fourth-order valence-corrected chi connectivity index (χ4v) is 5.44. The van der Waals surface area contributed by atoms with Crippen LogP contribution >= 0.6 is 11.8 Å². The highest BCUT2D eigenvalue weighted by molar-refractivity contribution is 7.99. The lowest BCUT2D eigenvalue weighted by Crippen LogP contribution is -2.24. The molecular formula is C28H29FN6OS. The molecule has 1 amide bonds. The zero-order valence-corrected chi connectivity index (χ0v) is 21.8. The highest BCUT2D eigenvalue weighted by Gasteiger charge is 2.26. The van der Waals surface area contributed by atoms with Gasteiger partial charge in [-0.15, -0.1) is 0 Å². The molecule has 1 aliphatic carbocycles. The van der Waals surface area contributed by atoms with Crippen LogP contribution in [0.5, 0.6) is 0 Å². The van der Waals surface area contributed by atoms with Gasteiger partial charge in [0.25, 0.3) is 5.91 Å². The highest BCUT2D eigenvalue weighted by Crippen LogP contribution is 2.40. The minimum atomic E-state index is -0.627. The first-order chi connectivity index (χ1) is 18.0. The summed E-state index contributed by atoms with van der Waals surface area (Å²) in [6.45, 7) is 2.78. The number of benzene rings is 1. The van der Waals surface area contributed by atoms with E-state index in [9.17, 15) is 9.18 Å². The monoisotopic (exact) mass is 516 g/mol. The van der Waals surface area contributed by atoms with Gasteiger partial charge in [0.05, 0.1) is 23.0 Å². The average molecular weight is 517 g/mol. The molecular weight excluding hydrogens is 487 g/mol. The molecule has 1 aliphatic rings. The smallest absolute Gasteiger partial charge is 0.254 e. The number of aromatic nitrogens is 4. The lowest BCUT2D eigenvalue weighted by molar-refractivity contribution is 0.0960. The van der Waals surface area contributed by atoms with Gasteiger partial charge in [-0.25, -0.2) is 14.4 Å². The van der Waals surface area contributed by atoms with Gasteiger partial charge in [-0.05, 0) is 42.7 Å². The van der Waals surface area contributed by atoms with Gasteiger partial charge in [0.15, 0.2) is 5.82 Å². The van der Waals surface area contributed by atoms with Crippen LogP contribution in [0.4, 0.5) is 10.2 Å². The number of hydrogen-bond donors (Lipinski definition) is 2. The number of pyridine rings is 2. The molecule has 2 unspecified atom stereocenters. The third-order valence-electron chi connectivity index (χ3n) is 6.91. The summed E-state index contributed by atoms with van der Waals surface area (Å²) in [4.78, 5) is 30.1. The Bertz CT molecular complexity index is 1440. The minimum absolute atomic E-state index is 0.0230. The normalized spacial score (nSPS) is 14.8. The maximum absolute atomic E-state index is 14.5. The van der Waals surface area contributed by atoms with E-state index in [1.54, 1.807) is 24.2 Å². The SMILES string of the molecule is CNC(=O)c1c(F)cnc2c(C(C)C(CNc3cc(-c4ccnc(C5CC5)c4)ncn3)SC)cccc12. The van der Waals surface area contributed by atoms with Crippen molar-refractivity contribution in [3.05, 3.63) is 77.8 Å². The number of carbonyl (C=O) groups excluding carboxylic acids is 1. The van der Waals surface area contributed by atoms with Crippen molar-refractivity contribution in [3.8, 4) is 11.3 Å². The van der Waals surface area contributed by atoms with Gasteiger partial charge in [-0.2, -0.15) is 11.8 Å². The summed E-state index contributed by atoms with van der Waals surface area (Å²) in [5.74, 6) is 0.314. The number of amides is 1. The van der Waals surface area contributed by atoms with E-state index in [-0.39, 0.29) is 16.7 Å². The first kappa shape index (κ1) is 25.1. The van der Waals surface area contributed by atoms with Crippen molar-refractivity contribution >= 4 is 34.4 Å². The van der Waals surface area contributed by atoms with Gasteiger partial charge in [0, 0.05) is 53.7 Å². The first-order valence-corrected chi connectivity index (χ1v) is 13.6. The van der Waals surface area contributed by atoms with Crippen LogP contribution in [0, 0.1) is 5.82 Å². The van der Waals surface area contributed by atoms with Crippen molar-refractivity contribution in [3.63, 3.8) is 0 Å². The van der Waals surface area contributed by atoms with E-state index in [4.69, 9.17) is 0 Å². The summed E-state index contributed by atoms with van der Waals surface area (Å²) in [5, 5.41) is 6.68. The molecule has 37 heavy (non-hydrogen) atoms. The predicted octanol–water partition coefficient (Wildman–Crippen LogP) is 5.41. The van der Waals surface area contributed by atoms with Gasteiger partial charge in [0.1, 0.15) is 12.1 Å². The first-order valence-electron chi connectivity index (χ1n) is 12.3. The molecule has 0 saturated heterocycles. The highest BCUT2D eigenvalue weighted by atomic mass is 32.2. The zero-order valence-electron chi connectivity index (χ0n) is 21.0. The van der Waals surface area contributed by atoms with Gasteiger partial charge in [-0.3, -0.25) is 14.8 Å². The molecule has 9 heteroatoms. The van der Waals surface area contributed by atoms with Crippen LogP contribution in [-0.4, -0.2) is 50.9 Å². The Kier molecular flexibility index (Phi) is 7.32. The van der Waals surface area contributed by atoms with Gasteiger partial charge < -0.3 is 10.6 Å². The Balaban J connectivity index is 1.36. The zero-order chi connectivity index (χ0) is 25.9. The summed E-state index contributed by atoms with van der Waals surface area (Å²) in [5.41, 5.74) is 4.66. The maximum Gasteiger partial charge on any atom is 0.254 e. The van der Waals surface area contributed by atoms with E-state index in [0.29, 0.717) is 23.4 Å². The fourth-order valence-electron chi connectivity index (χ4n) is 4.64. The predicted molar refractivity (Wildman–Crippen MR) is 147 cm³/mol. The van der Waals surface area contributed by atoms with Crippen molar-refractivity contribution in [2.45, 2.75) is 36.9 Å². The Morgan fingerprint density at radius 2 is 2.00 bits per heavy atom. The van der Waals surface area contributed by atoms with Gasteiger partial charge in [0.2, 0.25) is 0 Å². The molecule has 0 bridgehead atoms. The van der Waals surface area contributed by atoms with E-state index in [0.717, 1.165) is 34.5 Å². The number of nitrogens with one attached hydrogen (secondary N) is 2. The molecule has 7 nitrogen and oxygen atoms in total. The molecule has 2 N–H and O–H groups in total. The number of halogens is 1. The van der Waals surface area contributed by atoms with Crippen LogP contribution in [0.2, 0.25) is 0 Å². The number of para-hydroxylation sites is 1. The number of thioether (sulfide) groups is 1. The van der Waals surface area contributed by atoms with E-state index in [1.165, 1.54) is 19.9 Å². The van der Waals surface area contributed by atoms with Gasteiger partial charge in [-0.1, -0.05) is 25.1 Å². The second-order valence-electron chi connectivity index (χ2n) is 9.28. The molecule has 3 aromatic heterocycles. The molecule has 1 saturated carbocycles. The molecule has 3 heterocycles. The van der Waals surface area contributed by atoms with Crippen molar-refractivity contribution in [1.29, 1.82) is 0 Å². The van der Waals surface area contributed by atoms with Crippen molar-refractivity contribution in [2.24, 2.45) is 0 Å². The molecule has 0 aliphatic heterocycles. The molecule has 0 spiro atoms. The Hall–Kier alpha value is -3.59. The van der Waals surface area contributed by atoms with Crippen LogP contribution < -0.4 is 10.6 Å². The van der Waals surface area contributed by atoms with Crippen LogP contribution in [0.3, 0.4) is 0 Å². The van der Waals surface area contributed by atoms with Crippen molar-refractivity contribution in [1.82, 2.24) is 25.3 Å². The van der Waals surface area contributed by atoms with Crippen LogP contribution in [0.25, 0.3) is 22.2 Å². The van der Waals surface area contributed by atoms with Crippen LogP contribution in [-0.2, 0) is 0 Å². The molecule has 4 aromatic rings. The molecule has 1 fully saturated rings. The van der Waals surface area contributed by atoms with Crippen LogP contribution in [0.1, 0.15) is 53.2 Å². The standard InChI is InChI=1S/C28H29FN6OS/c1-16(19-5-4-6-20-26(28(36)30-2)21(29)13-33-27(19)20)24(37-3)14-32-25-12-23(34-15-35-25)18-9-10-31-22(11-18)17-7-8-17/h4-6,9-13,15-17,24H,7-8,14H2,1-3H3,(H,30,36)(H,32,34,35). The van der Waals surface area contributed by atoms with E-state index >= 15 is 0 Å². The molecule has 190 valence electrons. The largest absolute Gasteiger partial charge is 0.369 e. The summed E-state index contributed by atoms with van der Waals surface area (Å²) in [6, 6.07) is 11.7. The van der Waals surface area contributed by atoms with E-state index < -0.39 is 11.7 Å². The fraction of sp³-hybridized carbons (Fsp3) is 0.321. The maximum atomic E-state index is 14.5. The number of hydrogen-bond acceptors (Lipinski definition) is 7. The van der Waals surface area contributed by atoms with E-state index in [1.807, 2.05) is 30.5 Å². The van der Waals surface area contributed by atoms with Crippen molar-refractivity contribution in [2.75, 3.05) is 25.2 Å².